The van der Waals surface area contributed by atoms with Crippen LogP contribution in [-0.2, 0) is 4.74 Å². The molecule has 0 spiro atoms. The topological polar surface area (TPSA) is 99.6 Å². The molecule has 0 N–H and O–H groups in total. The zero-order valence-electron chi connectivity index (χ0n) is 9.78. The van der Waals surface area contributed by atoms with Crippen LogP contribution in [-0.4, -0.2) is 32.1 Å². The van der Waals surface area contributed by atoms with E-state index in [2.05, 4.69) is 10.2 Å². The number of nitro groups is 1. The van der Waals surface area contributed by atoms with E-state index >= 15 is 0 Å². The molecule has 2 heterocycles. The first-order chi connectivity index (χ1) is 8.54. The van der Waals surface area contributed by atoms with Crippen molar-refractivity contribution in [3.8, 4) is 0 Å². The molecule has 2 aromatic rings. The molecule has 18 heavy (non-hydrogen) atoms. The molecule has 0 radical (unpaired) electrons. The number of aromatic nitrogens is 3. The molecule has 2 rings (SSSR count). The highest BCUT2D eigenvalue weighted by Crippen LogP contribution is 2.21. The van der Waals surface area contributed by atoms with Crippen molar-refractivity contribution >= 4 is 17.3 Å². The smallest absolute Gasteiger partial charge is 0.339 e. The summed E-state index contributed by atoms with van der Waals surface area (Å²) in [5, 5.41) is 18.4. The van der Waals surface area contributed by atoms with Crippen molar-refractivity contribution < 1.29 is 14.5 Å². The van der Waals surface area contributed by atoms with E-state index in [4.69, 9.17) is 4.74 Å². The predicted octanol–water partition coefficient (Wildman–Crippen LogP) is 1.12. The Labute approximate surface area is 101 Å². The highest BCUT2D eigenvalue weighted by Gasteiger charge is 2.21. The van der Waals surface area contributed by atoms with Crippen molar-refractivity contribution in [1.82, 2.24) is 14.6 Å². The monoisotopic (exact) mass is 250 g/mol. The number of ether oxygens (including phenoxy) is 1. The van der Waals surface area contributed by atoms with Crippen molar-refractivity contribution in [3.63, 3.8) is 0 Å². The van der Waals surface area contributed by atoms with E-state index in [-0.39, 0.29) is 23.5 Å². The Kier molecular flexibility index (Phi) is 2.92. The van der Waals surface area contributed by atoms with Crippen molar-refractivity contribution in [2.24, 2.45) is 0 Å². The first-order valence-corrected chi connectivity index (χ1v) is 5.21. The molecule has 2 aromatic heterocycles. The fraction of sp³-hybridized carbons (Fsp3) is 0.300. The van der Waals surface area contributed by atoms with Gasteiger partial charge in [-0.3, -0.25) is 14.5 Å². The van der Waals surface area contributed by atoms with Gasteiger partial charge in [-0.05, 0) is 13.8 Å². The van der Waals surface area contributed by atoms with Crippen LogP contribution < -0.4 is 0 Å². The van der Waals surface area contributed by atoms with Crippen LogP contribution in [0.3, 0.4) is 0 Å². The minimum atomic E-state index is -0.615. The summed E-state index contributed by atoms with van der Waals surface area (Å²) in [5.41, 5.74) is -0.0781. The largest absolute Gasteiger partial charge is 0.462 e. The van der Waals surface area contributed by atoms with Crippen LogP contribution in [0.25, 0.3) is 5.65 Å². The fourth-order valence-corrected chi connectivity index (χ4v) is 1.55. The molecule has 0 bridgehead atoms. The molecule has 0 saturated carbocycles. The van der Waals surface area contributed by atoms with E-state index in [0.717, 1.165) is 6.07 Å². The first kappa shape index (κ1) is 12.0. The van der Waals surface area contributed by atoms with E-state index in [1.165, 1.54) is 10.6 Å². The number of aryl methyl sites for hydroxylation is 1. The van der Waals surface area contributed by atoms with Crippen molar-refractivity contribution in [3.05, 3.63) is 33.8 Å². The fourth-order valence-electron chi connectivity index (χ4n) is 1.55. The standard InChI is InChI=1S/C10H10N4O4/c1-3-18-10(15)7-4-8(14(16)17)9-12-11-6(2)13(9)5-7/h4-5H,3H2,1-2H3. The van der Waals surface area contributed by atoms with E-state index in [0.29, 0.717) is 5.82 Å². The van der Waals surface area contributed by atoms with Gasteiger partial charge in [-0.1, -0.05) is 0 Å². The van der Waals surface area contributed by atoms with Gasteiger partial charge >= 0.3 is 11.7 Å². The molecular formula is C10H10N4O4. The van der Waals surface area contributed by atoms with Crippen LogP contribution >= 0.6 is 0 Å². The highest BCUT2D eigenvalue weighted by atomic mass is 16.6. The van der Waals surface area contributed by atoms with Crippen LogP contribution in [0.15, 0.2) is 12.3 Å². The van der Waals surface area contributed by atoms with Crippen LogP contribution in [0.1, 0.15) is 23.1 Å². The third-order valence-corrected chi connectivity index (χ3v) is 2.36. The minimum Gasteiger partial charge on any atom is -0.462 e. The van der Waals surface area contributed by atoms with E-state index in [1.807, 2.05) is 0 Å². The van der Waals surface area contributed by atoms with Crippen LogP contribution in [0.5, 0.6) is 0 Å². The summed E-state index contributed by atoms with van der Waals surface area (Å²) in [6, 6.07) is 1.14. The lowest BCUT2D eigenvalue weighted by Gasteiger charge is -2.03. The predicted molar refractivity (Wildman–Crippen MR) is 60.3 cm³/mol. The number of hydrogen-bond donors (Lipinski definition) is 0. The Bertz CT molecular complexity index is 634. The summed E-state index contributed by atoms with van der Waals surface area (Å²) >= 11 is 0. The number of nitrogens with zero attached hydrogens (tertiary/aromatic N) is 4. The highest BCUT2D eigenvalue weighted by molar-refractivity contribution is 5.90. The van der Waals surface area contributed by atoms with Crippen molar-refractivity contribution in [2.75, 3.05) is 6.61 Å². The number of esters is 1. The third kappa shape index (κ3) is 1.88. The molecule has 0 atom stereocenters. The lowest BCUT2D eigenvalue weighted by molar-refractivity contribution is -0.383. The van der Waals surface area contributed by atoms with Gasteiger partial charge in [-0.25, -0.2) is 4.79 Å². The van der Waals surface area contributed by atoms with Gasteiger partial charge in [0.15, 0.2) is 0 Å². The first-order valence-electron chi connectivity index (χ1n) is 5.21. The molecule has 0 unspecified atom stereocenters. The summed E-state index contributed by atoms with van der Waals surface area (Å²) in [4.78, 5) is 21.9. The minimum absolute atomic E-state index is 0.0963. The molecule has 0 amide bonds. The van der Waals surface area contributed by atoms with Gasteiger partial charge in [0.2, 0.25) is 5.65 Å². The molecule has 0 aliphatic rings. The lowest BCUT2D eigenvalue weighted by atomic mass is 10.2. The van der Waals surface area contributed by atoms with Gasteiger partial charge in [0, 0.05) is 12.3 Å². The maximum atomic E-state index is 11.6. The van der Waals surface area contributed by atoms with Gasteiger partial charge in [0.1, 0.15) is 5.82 Å². The Balaban J connectivity index is 2.66. The normalized spacial score (nSPS) is 10.6. The number of hydrogen-bond acceptors (Lipinski definition) is 6. The van der Waals surface area contributed by atoms with Gasteiger partial charge in [0.25, 0.3) is 0 Å². The van der Waals surface area contributed by atoms with Gasteiger partial charge in [-0.2, -0.15) is 0 Å². The quantitative estimate of drug-likeness (QED) is 0.459. The van der Waals surface area contributed by atoms with E-state index in [1.54, 1.807) is 13.8 Å². The Morgan fingerprint density at radius 1 is 1.56 bits per heavy atom. The second kappa shape index (κ2) is 4.40. The number of rotatable bonds is 3. The molecular weight excluding hydrogens is 240 g/mol. The molecule has 0 aliphatic carbocycles. The summed E-state index contributed by atoms with van der Waals surface area (Å²) in [7, 11) is 0. The summed E-state index contributed by atoms with van der Waals surface area (Å²) in [6.45, 7) is 3.50. The number of pyridine rings is 1. The summed E-state index contributed by atoms with van der Waals surface area (Å²) in [5.74, 6) is -0.158. The zero-order chi connectivity index (χ0) is 13.3. The SMILES string of the molecule is CCOC(=O)c1cc([N+](=O)[O-])c2nnc(C)n2c1. The Hall–Kier alpha value is -2.51. The van der Waals surface area contributed by atoms with Gasteiger partial charge < -0.3 is 4.74 Å². The summed E-state index contributed by atoms with van der Waals surface area (Å²) < 4.78 is 6.21. The molecule has 8 heteroatoms. The molecule has 94 valence electrons. The maximum Gasteiger partial charge on any atom is 0.339 e. The Morgan fingerprint density at radius 3 is 2.89 bits per heavy atom. The lowest BCUT2D eigenvalue weighted by Crippen LogP contribution is -2.07. The average Bonchev–Trinajstić information content (AvgIpc) is 2.70. The van der Waals surface area contributed by atoms with Crippen molar-refractivity contribution in [1.29, 1.82) is 0 Å². The zero-order valence-corrected chi connectivity index (χ0v) is 9.78. The number of carbonyl (C=O) groups excluding carboxylic acids is 1. The van der Waals surface area contributed by atoms with Crippen LogP contribution in [0.4, 0.5) is 5.69 Å². The maximum absolute atomic E-state index is 11.6. The molecule has 0 aromatic carbocycles. The van der Waals surface area contributed by atoms with Gasteiger partial charge in [0.05, 0.1) is 17.1 Å². The Morgan fingerprint density at radius 2 is 2.28 bits per heavy atom. The second-order valence-electron chi connectivity index (χ2n) is 3.53. The van der Waals surface area contributed by atoms with Crippen molar-refractivity contribution in [2.45, 2.75) is 13.8 Å². The van der Waals surface area contributed by atoms with Crippen LogP contribution in [0.2, 0.25) is 0 Å². The second-order valence-corrected chi connectivity index (χ2v) is 3.53. The number of fused-ring (bicyclic) bond motifs is 1. The molecule has 0 aliphatic heterocycles. The van der Waals surface area contributed by atoms with Gasteiger partial charge in [-0.15, -0.1) is 10.2 Å². The van der Waals surface area contributed by atoms with Crippen LogP contribution in [0, 0.1) is 17.0 Å². The van der Waals surface area contributed by atoms with E-state index < -0.39 is 10.9 Å². The third-order valence-electron chi connectivity index (χ3n) is 2.36. The summed E-state index contributed by atoms with van der Waals surface area (Å²) in [6.07, 6.45) is 1.43. The molecule has 0 fully saturated rings. The molecule has 8 nitrogen and oxygen atoms in total. The molecule has 0 saturated heterocycles. The average molecular weight is 250 g/mol. The van der Waals surface area contributed by atoms with E-state index in [9.17, 15) is 14.9 Å². The number of carbonyl (C=O) groups is 1.